The number of aryl methyl sites for hydroxylation is 2. The van der Waals surface area contributed by atoms with Gasteiger partial charge >= 0.3 is 12.3 Å². The molecule has 12 heteroatoms. The summed E-state index contributed by atoms with van der Waals surface area (Å²) in [7, 11) is 0. The van der Waals surface area contributed by atoms with Crippen LogP contribution in [0.15, 0.2) is 30.5 Å². The van der Waals surface area contributed by atoms with Gasteiger partial charge in [0.25, 0.3) is 11.8 Å². The summed E-state index contributed by atoms with van der Waals surface area (Å²) in [6, 6.07) is 5.14. The molecule has 0 bridgehead atoms. The van der Waals surface area contributed by atoms with E-state index in [1.807, 2.05) is 0 Å². The van der Waals surface area contributed by atoms with Crippen molar-refractivity contribution in [3.05, 3.63) is 62.8 Å². The minimum atomic E-state index is -4.87. The van der Waals surface area contributed by atoms with E-state index < -0.39 is 35.8 Å². The number of ether oxygens (including phenoxy) is 1. The van der Waals surface area contributed by atoms with Crippen molar-refractivity contribution < 1.29 is 37.4 Å². The second-order valence-corrected chi connectivity index (χ2v) is 9.65. The standard InChI is InChI=1S/C25H21Cl2F3N2O5/c1-12-9-15(37-25(28,29)30)10-17-13(2)11-32(21(12)17)23(34)19-18(26)4-3-16(20(19)27)22(33)31-7-5-14(6-8-31)24(35)36/h3-4,9-11,14H,5-8H2,1-2H3,(H,35,36). The number of nitrogens with zero attached hydrogens (tertiary/aromatic N) is 2. The zero-order valence-electron chi connectivity index (χ0n) is 19.7. The number of piperidine rings is 1. The Kier molecular flexibility index (Phi) is 7.18. The number of rotatable bonds is 4. The molecule has 0 unspecified atom stereocenters. The third-order valence-corrected chi connectivity index (χ3v) is 7.09. The van der Waals surface area contributed by atoms with Crippen LogP contribution in [0.3, 0.4) is 0 Å². The molecule has 0 atom stereocenters. The van der Waals surface area contributed by atoms with E-state index in [2.05, 4.69) is 4.74 Å². The number of benzene rings is 2. The summed E-state index contributed by atoms with van der Waals surface area (Å²) in [6.45, 7) is 3.62. The number of aromatic nitrogens is 1. The number of amides is 1. The monoisotopic (exact) mass is 556 g/mol. The number of fused-ring (bicyclic) bond motifs is 1. The van der Waals surface area contributed by atoms with E-state index in [0.29, 0.717) is 34.9 Å². The first-order valence-electron chi connectivity index (χ1n) is 11.2. The number of likely N-dealkylation sites (tertiary alicyclic amines) is 1. The second kappa shape index (κ2) is 9.90. The summed E-state index contributed by atoms with van der Waals surface area (Å²) >= 11 is 12.9. The predicted octanol–water partition coefficient (Wildman–Crippen LogP) is 6.09. The van der Waals surface area contributed by atoms with Crippen LogP contribution in [-0.4, -0.2) is 51.8 Å². The highest BCUT2D eigenvalue weighted by Crippen LogP contribution is 2.35. The molecule has 4 rings (SSSR count). The van der Waals surface area contributed by atoms with E-state index in [0.717, 1.165) is 0 Å². The molecular formula is C25H21Cl2F3N2O5. The Morgan fingerprint density at radius 3 is 2.27 bits per heavy atom. The van der Waals surface area contributed by atoms with Gasteiger partial charge in [-0.3, -0.25) is 19.0 Å². The first-order valence-corrected chi connectivity index (χ1v) is 12.0. The Morgan fingerprint density at radius 1 is 1.03 bits per heavy atom. The van der Waals surface area contributed by atoms with Crippen molar-refractivity contribution in [3.63, 3.8) is 0 Å². The van der Waals surface area contributed by atoms with Gasteiger partial charge in [-0.05, 0) is 62.1 Å². The van der Waals surface area contributed by atoms with Gasteiger partial charge in [0.2, 0.25) is 0 Å². The number of carbonyl (C=O) groups excluding carboxylic acids is 2. The largest absolute Gasteiger partial charge is 0.573 e. The van der Waals surface area contributed by atoms with Crippen LogP contribution in [0.1, 0.15) is 44.7 Å². The number of carbonyl (C=O) groups is 3. The summed E-state index contributed by atoms with van der Waals surface area (Å²) in [4.78, 5) is 39.5. The van der Waals surface area contributed by atoms with Crippen LogP contribution in [0, 0.1) is 19.8 Å². The minimum Gasteiger partial charge on any atom is -0.481 e. The lowest BCUT2D eigenvalue weighted by Gasteiger charge is -2.30. The van der Waals surface area contributed by atoms with Gasteiger partial charge in [-0.2, -0.15) is 0 Å². The quantitative estimate of drug-likeness (QED) is 0.420. The summed E-state index contributed by atoms with van der Waals surface area (Å²) in [5.74, 6) is -2.98. The van der Waals surface area contributed by atoms with Crippen molar-refractivity contribution in [3.8, 4) is 5.75 Å². The van der Waals surface area contributed by atoms with Crippen LogP contribution in [0.25, 0.3) is 10.9 Å². The summed E-state index contributed by atoms with van der Waals surface area (Å²) in [5.41, 5.74) is 1.10. The molecule has 1 amide bonds. The Morgan fingerprint density at radius 2 is 1.68 bits per heavy atom. The summed E-state index contributed by atoms with van der Waals surface area (Å²) in [5, 5.41) is 9.38. The highest BCUT2D eigenvalue weighted by molar-refractivity contribution is 6.41. The van der Waals surface area contributed by atoms with Gasteiger partial charge in [0.15, 0.2) is 0 Å². The first-order chi connectivity index (χ1) is 17.3. The Hall–Kier alpha value is -3.24. The number of carboxylic acid groups (broad SMARTS) is 1. The number of aliphatic carboxylic acids is 1. The lowest BCUT2D eigenvalue weighted by atomic mass is 9.96. The SMILES string of the molecule is Cc1cn(C(=O)c2c(Cl)ccc(C(=O)N3CCC(C(=O)O)CC3)c2Cl)c2c(C)cc(OC(F)(F)F)cc12. The molecule has 1 saturated heterocycles. The number of alkyl halides is 3. The minimum absolute atomic E-state index is 0.00897. The van der Waals surface area contributed by atoms with Gasteiger partial charge in [0, 0.05) is 24.7 Å². The van der Waals surface area contributed by atoms with Gasteiger partial charge in [-0.1, -0.05) is 23.2 Å². The van der Waals surface area contributed by atoms with E-state index >= 15 is 0 Å². The lowest BCUT2D eigenvalue weighted by Crippen LogP contribution is -2.40. The van der Waals surface area contributed by atoms with Gasteiger partial charge in [0.1, 0.15) is 5.75 Å². The molecule has 0 spiro atoms. The smallest absolute Gasteiger partial charge is 0.481 e. The van der Waals surface area contributed by atoms with Crippen molar-refractivity contribution in [1.29, 1.82) is 0 Å². The molecule has 1 aromatic heterocycles. The van der Waals surface area contributed by atoms with Crippen LogP contribution in [0.2, 0.25) is 10.0 Å². The number of carboxylic acids is 1. The molecule has 0 aliphatic carbocycles. The van der Waals surface area contributed by atoms with Crippen molar-refractivity contribution >= 4 is 51.9 Å². The molecule has 0 radical (unpaired) electrons. The Bertz CT molecular complexity index is 1430. The number of hydrogen-bond acceptors (Lipinski definition) is 4. The van der Waals surface area contributed by atoms with Crippen LogP contribution < -0.4 is 4.74 Å². The van der Waals surface area contributed by atoms with Gasteiger partial charge in [0.05, 0.1) is 32.6 Å². The Balaban J connectivity index is 1.71. The molecule has 196 valence electrons. The fourth-order valence-electron chi connectivity index (χ4n) is 4.58. The maximum absolute atomic E-state index is 13.6. The molecule has 7 nitrogen and oxygen atoms in total. The van der Waals surface area contributed by atoms with Gasteiger partial charge in [-0.25, -0.2) is 0 Å². The molecule has 1 aliphatic rings. The molecule has 37 heavy (non-hydrogen) atoms. The number of hydrogen-bond donors (Lipinski definition) is 1. The molecule has 2 aromatic carbocycles. The molecule has 2 heterocycles. The molecular weight excluding hydrogens is 536 g/mol. The van der Waals surface area contributed by atoms with Crippen molar-refractivity contribution in [2.24, 2.45) is 5.92 Å². The predicted molar refractivity (Wildman–Crippen MR) is 131 cm³/mol. The average Bonchev–Trinajstić information content (AvgIpc) is 3.14. The molecule has 0 saturated carbocycles. The first kappa shape index (κ1) is 26.8. The van der Waals surface area contributed by atoms with Crippen LogP contribution in [0.4, 0.5) is 13.2 Å². The van der Waals surface area contributed by atoms with Crippen molar-refractivity contribution in [2.75, 3.05) is 13.1 Å². The highest BCUT2D eigenvalue weighted by Gasteiger charge is 2.33. The van der Waals surface area contributed by atoms with E-state index in [1.54, 1.807) is 13.8 Å². The van der Waals surface area contributed by atoms with Gasteiger partial charge in [-0.15, -0.1) is 13.2 Å². The van der Waals surface area contributed by atoms with E-state index in [4.69, 9.17) is 23.2 Å². The van der Waals surface area contributed by atoms with E-state index in [-0.39, 0.29) is 34.3 Å². The summed E-state index contributed by atoms with van der Waals surface area (Å²) in [6.07, 6.45) is -2.82. The van der Waals surface area contributed by atoms with E-state index in [1.165, 1.54) is 39.9 Å². The van der Waals surface area contributed by atoms with Gasteiger partial charge < -0.3 is 14.7 Å². The summed E-state index contributed by atoms with van der Waals surface area (Å²) < 4.78 is 43.5. The third-order valence-electron chi connectivity index (χ3n) is 6.38. The normalized spacial score (nSPS) is 14.7. The number of halogens is 5. The highest BCUT2D eigenvalue weighted by atomic mass is 35.5. The maximum Gasteiger partial charge on any atom is 0.573 e. The van der Waals surface area contributed by atoms with Crippen molar-refractivity contribution in [2.45, 2.75) is 33.1 Å². The molecule has 1 N–H and O–H groups in total. The zero-order valence-corrected chi connectivity index (χ0v) is 21.2. The molecule has 3 aromatic rings. The maximum atomic E-state index is 13.6. The zero-order chi connectivity index (χ0) is 27.2. The lowest BCUT2D eigenvalue weighted by molar-refractivity contribution is -0.274. The van der Waals surface area contributed by atoms with Crippen LogP contribution in [-0.2, 0) is 4.79 Å². The van der Waals surface area contributed by atoms with Crippen LogP contribution >= 0.6 is 23.2 Å². The fourth-order valence-corrected chi connectivity index (χ4v) is 5.19. The average molecular weight is 557 g/mol. The molecule has 1 aliphatic heterocycles. The third kappa shape index (κ3) is 5.26. The molecule has 1 fully saturated rings. The fraction of sp³-hybridized carbons (Fsp3) is 0.320. The Labute approximate surface area is 219 Å². The van der Waals surface area contributed by atoms with E-state index in [9.17, 15) is 32.7 Å². The van der Waals surface area contributed by atoms with Crippen LogP contribution in [0.5, 0.6) is 5.75 Å². The van der Waals surface area contributed by atoms with Crippen molar-refractivity contribution in [1.82, 2.24) is 9.47 Å². The topological polar surface area (TPSA) is 88.8 Å². The second-order valence-electron chi connectivity index (χ2n) is 8.86.